The van der Waals surface area contributed by atoms with Crippen molar-refractivity contribution in [2.24, 2.45) is 10.7 Å². The molecule has 1 aliphatic heterocycles. The highest BCUT2D eigenvalue weighted by molar-refractivity contribution is 7.89. The van der Waals surface area contributed by atoms with Gasteiger partial charge in [-0.3, -0.25) is 4.98 Å². The lowest BCUT2D eigenvalue weighted by atomic mass is 9.92. The van der Waals surface area contributed by atoms with E-state index in [4.69, 9.17) is 12.3 Å². The Morgan fingerprint density at radius 2 is 2.21 bits per heavy atom. The highest BCUT2D eigenvalue weighted by Gasteiger charge is 2.41. The summed E-state index contributed by atoms with van der Waals surface area (Å²) in [4.78, 5) is 11.2. The first-order valence-electron chi connectivity index (χ1n) is 7.88. The molecule has 2 N–H and O–H groups in total. The molecule has 0 amide bonds. The van der Waals surface area contributed by atoms with Crippen LogP contribution in [-0.2, 0) is 15.6 Å². The van der Waals surface area contributed by atoms with E-state index in [1.54, 1.807) is 0 Å². The number of nitrogens with zero attached hydrogens (tertiary/aromatic N) is 4. The number of nitrogens with two attached hydrogens (primary N) is 1. The number of halogens is 2. The van der Waals surface area contributed by atoms with Crippen LogP contribution in [0, 0.1) is 12.4 Å². The molecule has 3 rings (SSSR count). The monoisotopic (exact) mass is 423 g/mol. The zero-order chi connectivity index (χ0) is 20.7. The summed E-state index contributed by atoms with van der Waals surface area (Å²) in [6.45, 7) is 8.36. The third-order valence-corrected chi connectivity index (χ3v) is 7.08. The smallest absolute Gasteiger partial charge is 0.261 e. The molecule has 0 aliphatic carbocycles. The average Bonchev–Trinajstić information content (AvgIpc) is 3.10. The van der Waals surface area contributed by atoms with Gasteiger partial charge in [-0.1, -0.05) is 6.07 Å². The van der Waals surface area contributed by atoms with Crippen LogP contribution in [0.5, 0.6) is 0 Å². The van der Waals surface area contributed by atoms with Gasteiger partial charge >= 0.3 is 0 Å². The number of thiazole rings is 1. The molecule has 0 saturated carbocycles. The maximum absolute atomic E-state index is 14.5. The van der Waals surface area contributed by atoms with E-state index in [0.29, 0.717) is 5.56 Å². The molecule has 0 spiro atoms. The van der Waals surface area contributed by atoms with Crippen LogP contribution in [0.1, 0.15) is 23.1 Å². The van der Waals surface area contributed by atoms with Crippen molar-refractivity contribution >= 4 is 44.2 Å². The second kappa shape index (κ2) is 6.96. The summed E-state index contributed by atoms with van der Waals surface area (Å²) >= 11 is 0.889. The number of aliphatic imine (C=N–C) groups is 1. The van der Waals surface area contributed by atoms with Crippen molar-refractivity contribution in [1.82, 2.24) is 9.29 Å². The topological polar surface area (TPSA) is 93.0 Å². The lowest BCUT2D eigenvalue weighted by Crippen LogP contribution is -2.50. The van der Waals surface area contributed by atoms with Gasteiger partial charge in [-0.15, -0.1) is 11.3 Å². The number of hydrogen-bond acceptors (Lipinski definition) is 6. The van der Waals surface area contributed by atoms with Gasteiger partial charge in [0.25, 0.3) is 5.00 Å². The van der Waals surface area contributed by atoms with Crippen LogP contribution < -0.4 is 5.73 Å². The number of hydrogen-bond donors (Lipinski definition) is 1. The Bertz CT molecular complexity index is 1150. The van der Waals surface area contributed by atoms with E-state index < -0.39 is 33.0 Å². The van der Waals surface area contributed by atoms with Gasteiger partial charge in [0.15, 0.2) is 5.83 Å². The number of aromatic nitrogens is 1. The van der Waals surface area contributed by atoms with E-state index in [0.717, 1.165) is 27.8 Å². The van der Waals surface area contributed by atoms with Crippen LogP contribution >= 0.6 is 11.3 Å². The first-order chi connectivity index (χ1) is 13.1. The molecule has 0 unspecified atom stereocenters. The standard InChI is InChI=1S/C17H15F2N5O2S2/c1-17(9-28(25,26)24(3)16(20)23-17)11-6-10(4-5-12(11)18)7-13(19)15-22-8-14(21-2)27-15/h4-8H,9H2,1,3H3,(H2,20,23)/b13-7-/t17-/m0/s1. The van der Waals surface area contributed by atoms with Crippen molar-refractivity contribution in [2.75, 3.05) is 12.8 Å². The number of guanidine groups is 1. The Balaban J connectivity index is 2.05. The normalized spacial score (nSPS) is 21.9. The Morgan fingerprint density at radius 3 is 2.82 bits per heavy atom. The van der Waals surface area contributed by atoms with Crippen molar-refractivity contribution in [3.8, 4) is 0 Å². The van der Waals surface area contributed by atoms with Crippen molar-refractivity contribution in [1.29, 1.82) is 0 Å². The van der Waals surface area contributed by atoms with Gasteiger partial charge in [0.2, 0.25) is 16.0 Å². The maximum atomic E-state index is 14.5. The molecule has 1 aromatic carbocycles. The van der Waals surface area contributed by atoms with Crippen LogP contribution in [0.15, 0.2) is 29.4 Å². The first-order valence-corrected chi connectivity index (χ1v) is 10.3. The summed E-state index contributed by atoms with van der Waals surface area (Å²) in [5.41, 5.74) is 4.51. The molecule has 146 valence electrons. The van der Waals surface area contributed by atoms with Crippen molar-refractivity contribution < 1.29 is 17.2 Å². The Hall–Kier alpha value is -2.84. The molecule has 0 radical (unpaired) electrons. The van der Waals surface area contributed by atoms with Crippen LogP contribution in [0.3, 0.4) is 0 Å². The van der Waals surface area contributed by atoms with E-state index >= 15 is 0 Å². The summed E-state index contributed by atoms with van der Waals surface area (Å²) < 4.78 is 54.4. The molecule has 11 heteroatoms. The van der Waals surface area contributed by atoms with Gasteiger partial charge in [-0.05, 0) is 30.7 Å². The van der Waals surface area contributed by atoms with E-state index in [2.05, 4.69) is 14.8 Å². The minimum atomic E-state index is -3.78. The molecule has 28 heavy (non-hydrogen) atoms. The SMILES string of the molecule is [C-]#[N+]c1cnc(/C(F)=C/c2ccc(F)c([C@]3(C)CS(=O)(=O)N(C)C(N)=N3)c2)s1. The zero-order valence-electron chi connectivity index (χ0n) is 14.8. The first kappa shape index (κ1) is 19.9. The van der Waals surface area contributed by atoms with E-state index in [-0.39, 0.29) is 21.5 Å². The predicted octanol–water partition coefficient (Wildman–Crippen LogP) is 3.11. The van der Waals surface area contributed by atoms with E-state index in [1.807, 2.05) is 0 Å². The second-order valence-electron chi connectivity index (χ2n) is 6.31. The fraction of sp³-hybridized carbons (Fsp3) is 0.235. The largest absolute Gasteiger partial charge is 0.369 e. The molecule has 1 aromatic heterocycles. The lowest BCUT2D eigenvalue weighted by Gasteiger charge is -2.34. The molecular weight excluding hydrogens is 408 g/mol. The number of rotatable bonds is 3. The molecule has 2 aromatic rings. The van der Waals surface area contributed by atoms with Gasteiger partial charge in [-0.25, -0.2) is 31.3 Å². The van der Waals surface area contributed by atoms with E-state index in [9.17, 15) is 17.2 Å². The minimum Gasteiger partial charge on any atom is -0.369 e. The summed E-state index contributed by atoms with van der Waals surface area (Å²) in [5.74, 6) is -2.11. The highest BCUT2D eigenvalue weighted by atomic mass is 32.2. The van der Waals surface area contributed by atoms with Crippen LogP contribution in [0.2, 0.25) is 0 Å². The second-order valence-corrected chi connectivity index (χ2v) is 9.32. The third-order valence-electron chi connectivity index (χ3n) is 4.24. The van der Waals surface area contributed by atoms with Crippen molar-refractivity contribution in [3.63, 3.8) is 0 Å². The van der Waals surface area contributed by atoms with Crippen molar-refractivity contribution in [3.05, 3.63) is 57.8 Å². The zero-order valence-corrected chi connectivity index (χ0v) is 16.5. The van der Waals surface area contributed by atoms with Gasteiger partial charge in [0.05, 0.1) is 12.3 Å². The van der Waals surface area contributed by atoms with Crippen LogP contribution in [-0.4, -0.2) is 36.5 Å². The molecule has 0 saturated heterocycles. The molecule has 1 atom stereocenters. The average molecular weight is 423 g/mol. The fourth-order valence-corrected chi connectivity index (χ4v) is 4.83. The molecule has 0 bridgehead atoms. The summed E-state index contributed by atoms with van der Waals surface area (Å²) in [6, 6.07) is 3.79. The maximum Gasteiger partial charge on any atom is 0.261 e. The molecular formula is C17H15F2N5O2S2. The van der Waals surface area contributed by atoms with Crippen LogP contribution in [0.4, 0.5) is 13.8 Å². The predicted molar refractivity (Wildman–Crippen MR) is 104 cm³/mol. The fourth-order valence-electron chi connectivity index (χ4n) is 2.77. The molecule has 2 heterocycles. The summed E-state index contributed by atoms with van der Waals surface area (Å²) in [7, 11) is -2.51. The molecule has 0 fully saturated rings. The minimum absolute atomic E-state index is 0.0188. The van der Waals surface area contributed by atoms with Gasteiger partial charge in [0, 0.05) is 18.8 Å². The van der Waals surface area contributed by atoms with Gasteiger partial charge < -0.3 is 5.73 Å². The van der Waals surface area contributed by atoms with Crippen LogP contribution in [0.25, 0.3) is 16.7 Å². The Labute approximate surface area is 164 Å². The van der Waals surface area contributed by atoms with Gasteiger partial charge in [0.1, 0.15) is 16.4 Å². The lowest BCUT2D eigenvalue weighted by molar-refractivity contribution is 0.458. The third kappa shape index (κ3) is 3.61. The molecule has 1 aliphatic rings. The van der Waals surface area contributed by atoms with Crippen molar-refractivity contribution in [2.45, 2.75) is 12.5 Å². The highest BCUT2D eigenvalue weighted by Crippen LogP contribution is 2.35. The quantitative estimate of drug-likeness (QED) is 0.768. The number of benzene rings is 1. The Kier molecular flexibility index (Phi) is 4.95. The Morgan fingerprint density at radius 1 is 1.50 bits per heavy atom. The summed E-state index contributed by atoms with van der Waals surface area (Å²) in [5, 5.41) is 0.263. The van der Waals surface area contributed by atoms with E-state index in [1.165, 1.54) is 32.3 Å². The van der Waals surface area contributed by atoms with Gasteiger partial charge in [-0.2, -0.15) is 0 Å². The molecule has 7 nitrogen and oxygen atoms in total. The number of sulfonamides is 1. The summed E-state index contributed by atoms with van der Waals surface area (Å²) in [6.07, 6.45) is 2.40.